The summed E-state index contributed by atoms with van der Waals surface area (Å²) in [5.74, 6) is 0.755. The van der Waals surface area contributed by atoms with Crippen molar-refractivity contribution in [2.75, 3.05) is 7.11 Å². The van der Waals surface area contributed by atoms with E-state index in [4.69, 9.17) is 9.47 Å². The largest absolute Gasteiger partial charge is 0.508 e. The van der Waals surface area contributed by atoms with Crippen LogP contribution in [-0.4, -0.2) is 30.1 Å². The molecule has 5 nitrogen and oxygen atoms in total. The van der Waals surface area contributed by atoms with Gasteiger partial charge in [0, 0.05) is 32.3 Å². The van der Waals surface area contributed by atoms with Crippen LogP contribution in [0.15, 0.2) is 18.2 Å². The zero-order valence-corrected chi connectivity index (χ0v) is 17.0. The summed E-state index contributed by atoms with van der Waals surface area (Å²) in [7, 11) is 1.55. The summed E-state index contributed by atoms with van der Waals surface area (Å²) in [6.45, 7) is 3.54. The fourth-order valence-electron chi connectivity index (χ4n) is 3.15. The Hall–Kier alpha value is -2.04. The van der Waals surface area contributed by atoms with Crippen molar-refractivity contribution >= 4 is 11.8 Å². The molecule has 0 aromatic heterocycles. The first-order chi connectivity index (χ1) is 12.9. The molecule has 0 heterocycles. The van der Waals surface area contributed by atoms with Gasteiger partial charge in [0.05, 0.1) is 7.11 Å². The summed E-state index contributed by atoms with van der Waals surface area (Å²) in [5.41, 5.74) is 0.865. The molecule has 1 rings (SSSR count). The van der Waals surface area contributed by atoms with E-state index in [-0.39, 0.29) is 17.8 Å². The summed E-state index contributed by atoms with van der Waals surface area (Å²) >= 11 is 0. The Balaban J connectivity index is 2.41. The predicted molar refractivity (Wildman–Crippen MR) is 106 cm³/mol. The standard InChI is InChI=1S/C22H34O5/c1-4-5-7-10-19(24)11-8-6-9-12-21(27-17(2)23)14-18-13-20(25)16-22(15-18)26-3/h13,15-16,21,25H,4-12,14H2,1-3H3. The molecule has 0 saturated heterocycles. The number of benzene rings is 1. The van der Waals surface area contributed by atoms with Crippen LogP contribution >= 0.6 is 0 Å². The molecule has 0 amide bonds. The van der Waals surface area contributed by atoms with Crippen molar-refractivity contribution in [1.29, 1.82) is 0 Å². The van der Waals surface area contributed by atoms with Gasteiger partial charge < -0.3 is 14.6 Å². The molecule has 0 radical (unpaired) electrons. The lowest BCUT2D eigenvalue weighted by molar-refractivity contribution is -0.146. The van der Waals surface area contributed by atoms with Gasteiger partial charge in [0.2, 0.25) is 0 Å². The van der Waals surface area contributed by atoms with Crippen LogP contribution in [0.3, 0.4) is 0 Å². The minimum absolute atomic E-state index is 0.132. The van der Waals surface area contributed by atoms with Crippen LogP contribution < -0.4 is 4.74 Å². The molecule has 1 N–H and O–H groups in total. The minimum Gasteiger partial charge on any atom is -0.508 e. The number of ether oxygens (including phenoxy) is 2. The number of hydrogen-bond donors (Lipinski definition) is 1. The lowest BCUT2D eigenvalue weighted by Gasteiger charge is -2.17. The van der Waals surface area contributed by atoms with Crippen molar-refractivity contribution in [2.24, 2.45) is 0 Å². The molecule has 0 spiro atoms. The van der Waals surface area contributed by atoms with Crippen molar-refractivity contribution < 1.29 is 24.2 Å². The number of rotatable bonds is 14. The van der Waals surface area contributed by atoms with Crippen LogP contribution in [-0.2, 0) is 20.7 Å². The third-order valence-electron chi connectivity index (χ3n) is 4.52. The molecule has 1 aromatic carbocycles. The topological polar surface area (TPSA) is 72.8 Å². The van der Waals surface area contributed by atoms with Crippen molar-refractivity contribution in [3.8, 4) is 11.5 Å². The second-order valence-electron chi connectivity index (χ2n) is 7.07. The zero-order valence-electron chi connectivity index (χ0n) is 17.0. The predicted octanol–water partition coefficient (Wildman–Crippen LogP) is 4.97. The summed E-state index contributed by atoms with van der Waals surface area (Å²) in [6.07, 6.45) is 8.35. The smallest absolute Gasteiger partial charge is 0.302 e. The third kappa shape index (κ3) is 10.6. The molecule has 27 heavy (non-hydrogen) atoms. The fourth-order valence-corrected chi connectivity index (χ4v) is 3.15. The van der Waals surface area contributed by atoms with Gasteiger partial charge in [0.1, 0.15) is 23.4 Å². The van der Waals surface area contributed by atoms with Crippen LogP contribution in [0.1, 0.15) is 77.2 Å². The number of phenols is 1. The Kier molecular flexibility index (Phi) is 11.2. The molecule has 1 aromatic rings. The average Bonchev–Trinajstić information content (AvgIpc) is 2.60. The number of carbonyl (C=O) groups excluding carboxylic acids is 2. The van der Waals surface area contributed by atoms with Crippen LogP contribution in [0, 0.1) is 0 Å². The normalized spacial score (nSPS) is 11.8. The Bertz CT molecular complexity index is 582. The van der Waals surface area contributed by atoms with Crippen molar-refractivity contribution in [1.82, 2.24) is 0 Å². The molecule has 0 saturated carbocycles. The monoisotopic (exact) mass is 378 g/mol. The van der Waals surface area contributed by atoms with E-state index >= 15 is 0 Å². The molecular formula is C22H34O5. The molecular weight excluding hydrogens is 344 g/mol. The maximum absolute atomic E-state index is 11.8. The van der Waals surface area contributed by atoms with Gasteiger partial charge in [-0.05, 0) is 43.4 Å². The van der Waals surface area contributed by atoms with Crippen molar-refractivity contribution in [2.45, 2.75) is 84.2 Å². The molecule has 0 fully saturated rings. The number of methoxy groups -OCH3 is 1. The molecule has 0 aliphatic heterocycles. The number of aromatic hydroxyl groups is 1. The molecule has 0 aliphatic carbocycles. The second-order valence-corrected chi connectivity index (χ2v) is 7.07. The lowest BCUT2D eigenvalue weighted by atomic mass is 10.0. The fraction of sp³-hybridized carbons (Fsp3) is 0.636. The van der Waals surface area contributed by atoms with E-state index in [1.165, 1.54) is 6.92 Å². The Labute approximate surface area is 163 Å². The molecule has 1 atom stereocenters. The highest BCUT2D eigenvalue weighted by Gasteiger charge is 2.14. The number of hydrogen-bond acceptors (Lipinski definition) is 5. The molecule has 0 aliphatic rings. The minimum atomic E-state index is -0.307. The molecule has 1 unspecified atom stereocenters. The van der Waals surface area contributed by atoms with E-state index in [2.05, 4.69) is 6.92 Å². The van der Waals surface area contributed by atoms with E-state index in [1.54, 1.807) is 19.2 Å². The first-order valence-corrected chi connectivity index (χ1v) is 10.0. The Morgan fingerprint density at radius 3 is 2.37 bits per heavy atom. The van der Waals surface area contributed by atoms with Gasteiger partial charge in [0.15, 0.2) is 0 Å². The number of phenolic OH excluding ortho intramolecular Hbond substituents is 1. The third-order valence-corrected chi connectivity index (χ3v) is 4.52. The van der Waals surface area contributed by atoms with Gasteiger partial charge in [-0.1, -0.05) is 26.2 Å². The Morgan fingerprint density at radius 1 is 1.04 bits per heavy atom. The number of ketones is 1. The Morgan fingerprint density at radius 2 is 1.74 bits per heavy atom. The van der Waals surface area contributed by atoms with Gasteiger partial charge >= 0.3 is 5.97 Å². The highest BCUT2D eigenvalue weighted by Crippen LogP contribution is 2.24. The number of esters is 1. The maximum Gasteiger partial charge on any atom is 0.302 e. The van der Waals surface area contributed by atoms with Crippen LogP contribution in [0.2, 0.25) is 0 Å². The van der Waals surface area contributed by atoms with E-state index in [9.17, 15) is 14.7 Å². The van der Waals surface area contributed by atoms with Crippen LogP contribution in [0.25, 0.3) is 0 Å². The van der Waals surface area contributed by atoms with Gasteiger partial charge in [-0.15, -0.1) is 0 Å². The summed E-state index contributed by atoms with van der Waals surface area (Å²) in [6, 6.07) is 5.04. The average molecular weight is 379 g/mol. The SMILES string of the molecule is CCCCCC(=O)CCCCCC(Cc1cc(O)cc(OC)c1)OC(C)=O. The lowest BCUT2D eigenvalue weighted by Crippen LogP contribution is -2.19. The summed E-state index contributed by atoms with van der Waals surface area (Å²) in [4.78, 5) is 23.2. The van der Waals surface area contributed by atoms with Gasteiger partial charge in [-0.3, -0.25) is 9.59 Å². The molecule has 5 heteroatoms. The highest BCUT2D eigenvalue weighted by atomic mass is 16.5. The number of unbranched alkanes of at least 4 members (excludes halogenated alkanes) is 4. The summed E-state index contributed by atoms with van der Waals surface area (Å²) in [5, 5.41) is 9.78. The van der Waals surface area contributed by atoms with Gasteiger partial charge in [-0.2, -0.15) is 0 Å². The quantitative estimate of drug-likeness (QED) is 0.365. The number of carbonyl (C=O) groups is 2. The van der Waals surface area contributed by atoms with Crippen molar-refractivity contribution in [3.05, 3.63) is 23.8 Å². The first kappa shape index (κ1) is 23.0. The van der Waals surface area contributed by atoms with Crippen LogP contribution in [0.4, 0.5) is 0 Å². The zero-order chi connectivity index (χ0) is 20.1. The maximum atomic E-state index is 11.8. The number of Topliss-reactive ketones (excluding diaryl/α,β-unsaturated/α-hetero) is 1. The van der Waals surface area contributed by atoms with E-state index in [1.807, 2.05) is 6.07 Å². The van der Waals surface area contributed by atoms with Crippen molar-refractivity contribution in [3.63, 3.8) is 0 Å². The van der Waals surface area contributed by atoms with Crippen LogP contribution in [0.5, 0.6) is 11.5 Å². The molecule has 152 valence electrons. The molecule has 0 bridgehead atoms. The first-order valence-electron chi connectivity index (χ1n) is 10.0. The summed E-state index contributed by atoms with van der Waals surface area (Å²) < 4.78 is 10.6. The van der Waals surface area contributed by atoms with E-state index in [0.29, 0.717) is 30.8 Å². The van der Waals surface area contributed by atoms with Gasteiger partial charge in [0.25, 0.3) is 0 Å². The highest BCUT2D eigenvalue weighted by molar-refractivity contribution is 5.78. The van der Waals surface area contributed by atoms with E-state index in [0.717, 1.165) is 50.5 Å². The van der Waals surface area contributed by atoms with E-state index < -0.39 is 0 Å². The van der Waals surface area contributed by atoms with Gasteiger partial charge in [-0.25, -0.2) is 0 Å². The second kappa shape index (κ2) is 13.2.